The van der Waals surface area contributed by atoms with Gasteiger partial charge >= 0.3 is 0 Å². The molecule has 5 nitrogen and oxygen atoms in total. The van der Waals surface area contributed by atoms with Gasteiger partial charge in [-0.2, -0.15) is 0 Å². The van der Waals surface area contributed by atoms with Gasteiger partial charge in [-0.25, -0.2) is 0 Å². The lowest BCUT2D eigenvalue weighted by molar-refractivity contribution is -0.139. The summed E-state index contributed by atoms with van der Waals surface area (Å²) in [4.78, 5) is 23.9. The number of hydrogen-bond donors (Lipinski definition) is 1. The van der Waals surface area contributed by atoms with Gasteiger partial charge in [0.15, 0.2) is 0 Å². The Hall–Kier alpha value is -1.10. The number of rotatable bonds is 2. The summed E-state index contributed by atoms with van der Waals surface area (Å²) in [5.74, 6) is -0.362. The lowest BCUT2D eigenvalue weighted by atomic mass is 10.3. The van der Waals surface area contributed by atoms with E-state index in [1.807, 2.05) is 0 Å². The van der Waals surface area contributed by atoms with Crippen LogP contribution in [0.1, 0.15) is 6.42 Å². The van der Waals surface area contributed by atoms with Crippen molar-refractivity contribution in [2.45, 2.75) is 6.42 Å². The van der Waals surface area contributed by atoms with E-state index >= 15 is 0 Å². The molecule has 13 heavy (non-hydrogen) atoms. The van der Waals surface area contributed by atoms with E-state index in [0.29, 0.717) is 26.3 Å². The summed E-state index contributed by atoms with van der Waals surface area (Å²) < 4.78 is 5.09. The van der Waals surface area contributed by atoms with Crippen LogP contribution in [0.4, 0.5) is 0 Å². The van der Waals surface area contributed by atoms with Crippen molar-refractivity contribution in [3.63, 3.8) is 0 Å². The first kappa shape index (κ1) is 9.98. The van der Waals surface area contributed by atoms with Crippen LogP contribution in [0.5, 0.6) is 0 Å². The first-order chi connectivity index (χ1) is 6.24. The zero-order valence-electron chi connectivity index (χ0n) is 7.71. The van der Waals surface area contributed by atoms with E-state index in [0.717, 1.165) is 0 Å². The Balaban J connectivity index is 2.33. The Morgan fingerprint density at radius 3 is 2.54 bits per heavy atom. The van der Waals surface area contributed by atoms with E-state index in [4.69, 9.17) is 4.74 Å². The maximum atomic E-state index is 11.4. The van der Waals surface area contributed by atoms with Gasteiger partial charge in [-0.1, -0.05) is 0 Å². The van der Waals surface area contributed by atoms with Crippen LogP contribution >= 0.6 is 0 Å². The third-order valence-corrected chi connectivity index (χ3v) is 1.95. The van der Waals surface area contributed by atoms with Gasteiger partial charge in [0.1, 0.15) is 6.42 Å². The topological polar surface area (TPSA) is 58.6 Å². The van der Waals surface area contributed by atoms with Crippen molar-refractivity contribution in [3.05, 3.63) is 0 Å². The number of hydrogen-bond acceptors (Lipinski definition) is 3. The average molecular weight is 186 g/mol. The Kier molecular flexibility index (Phi) is 3.70. The highest BCUT2D eigenvalue weighted by Crippen LogP contribution is 1.99. The summed E-state index contributed by atoms with van der Waals surface area (Å²) >= 11 is 0. The van der Waals surface area contributed by atoms with Crippen molar-refractivity contribution in [3.8, 4) is 0 Å². The third-order valence-electron chi connectivity index (χ3n) is 1.95. The molecule has 0 saturated carbocycles. The summed E-state index contributed by atoms with van der Waals surface area (Å²) in [6, 6.07) is 0. The minimum Gasteiger partial charge on any atom is -0.378 e. The molecular formula is C8H14N2O3. The molecule has 0 radical (unpaired) electrons. The van der Waals surface area contributed by atoms with Crippen molar-refractivity contribution >= 4 is 11.8 Å². The molecule has 0 bridgehead atoms. The predicted octanol–water partition coefficient (Wildman–Crippen LogP) is -1.02. The van der Waals surface area contributed by atoms with E-state index in [2.05, 4.69) is 5.32 Å². The van der Waals surface area contributed by atoms with Crippen LogP contribution in [0.2, 0.25) is 0 Å². The number of nitrogens with one attached hydrogen (secondary N) is 1. The van der Waals surface area contributed by atoms with Gasteiger partial charge in [-0.15, -0.1) is 0 Å². The summed E-state index contributed by atoms with van der Waals surface area (Å²) in [6.07, 6.45) is -0.0590. The van der Waals surface area contributed by atoms with Crippen LogP contribution in [-0.2, 0) is 14.3 Å². The highest BCUT2D eigenvalue weighted by atomic mass is 16.5. The first-order valence-corrected chi connectivity index (χ1v) is 4.30. The second-order valence-corrected chi connectivity index (χ2v) is 2.84. The number of amides is 2. The van der Waals surface area contributed by atoms with Crippen LogP contribution < -0.4 is 5.32 Å². The fraction of sp³-hybridized carbons (Fsp3) is 0.750. The fourth-order valence-electron chi connectivity index (χ4n) is 1.15. The van der Waals surface area contributed by atoms with E-state index in [1.165, 1.54) is 7.05 Å². The van der Waals surface area contributed by atoms with Gasteiger partial charge in [-0.05, 0) is 0 Å². The Bertz CT molecular complexity index is 200. The molecule has 0 spiro atoms. The normalized spacial score (nSPS) is 16.8. The van der Waals surface area contributed by atoms with E-state index in [9.17, 15) is 9.59 Å². The summed E-state index contributed by atoms with van der Waals surface area (Å²) in [5, 5.41) is 2.42. The zero-order valence-corrected chi connectivity index (χ0v) is 7.71. The molecule has 1 aliphatic rings. The van der Waals surface area contributed by atoms with Gasteiger partial charge in [0.2, 0.25) is 11.8 Å². The lowest BCUT2D eigenvalue weighted by Crippen LogP contribution is -2.42. The SMILES string of the molecule is CNC(=O)CC(=O)N1CCOCC1. The van der Waals surface area contributed by atoms with Crippen LogP contribution in [0, 0.1) is 0 Å². The molecule has 0 aliphatic carbocycles. The second-order valence-electron chi connectivity index (χ2n) is 2.84. The summed E-state index contributed by atoms with van der Waals surface area (Å²) in [6.45, 7) is 2.32. The molecule has 5 heteroatoms. The molecule has 1 saturated heterocycles. The van der Waals surface area contributed by atoms with Gasteiger partial charge in [0, 0.05) is 20.1 Å². The summed E-state index contributed by atoms with van der Waals surface area (Å²) in [7, 11) is 1.52. The number of carbonyl (C=O) groups is 2. The zero-order chi connectivity index (χ0) is 9.68. The van der Waals surface area contributed by atoms with Crippen molar-refractivity contribution < 1.29 is 14.3 Å². The molecule has 1 rings (SSSR count). The van der Waals surface area contributed by atoms with E-state index in [-0.39, 0.29) is 18.2 Å². The number of nitrogens with zero attached hydrogens (tertiary/aromatic N) is 1. The molecule has 1 fully saturated rings. The highest BCUT2D eigenvalue weighted by molar-refractivity contribution is 5.96. The molecule has 0 aromatic rings. The Labute approximate surface area is 77.0 Å². The quantitative estimate of drug-likeness (QED) is 0.562. The maximum absolute atomic E-state index is 11.4. The van der Waals surface area contributed by atoms with Gasteiger partial charge in [0.25, 0.3) is 0 Å². The third kappa shape index (κ3) is 3.02. The summed E-state index contributed by atoms with van der Waals surface area (Å²) in [5.41, 5.74) is 0. The molecule has 0 aromatic carbocycles. The van der Waals surface area contributed by atoms with Crippen LogP contribution in [0.25, 0.3) is 0 Å². The molecule has 0 atom stereocenters. The van der Waals surface area contributed by atoms with Crippen molar-refractivity contribution in [1.82, 2.24) is 10.2 Å². The van der Waals surface area contributed by atoms with Gasteiger partial charge < -0.3 is 15.0 Å². The second kappa shape index (κ2) is 4.81. The molecular weight excluding hydrogens is 172 g/mol. The maximum Gasteiger partial charge on any atom is 0.232 e. The minimum absolute atomic E-state index is 0.0590. The average Bonchev–Trinajstić information content (AvgIpc) is 2.19. The molecule has 0 unspecified atom stereocenters. The molecule has 2 amide bonds. The van der Waals surface area contributed by atoms with E-state index < -0.39 is 0 Å². The van der Waals surface area contributed by atoms with Crippen LogP contribution in [0.3, 0.4) is 0 Å². The molecule has 1 aliphatic heterocycles. The molecule has 0 aromatic heterocycles. The largest absolute Gasteiger partial charge is 0.378 e. The molecule has 74 valence electrons. The van der Waals surface area contributed by atoms with E-state index in [1.54, 1.807) is 4.90 Å². The van der Waals surface area contributed by atoms with Crippen molar-refractivity contribution in [1.29, 1.82) is 0 Å². The predicted molar refractivity (Wildman–Crippen MR) is 46.1 cm³/mol. The van der Waals surface area contributed by atoms with Crippen molar-refractivity contribution in [2.75, 3.05) is 33.4 Å². The fourth-order valence-corrected chi connectivity index (χ4v) is 1.15. The van der Waals surface area contributed by atoms with Gasteiger partial charge in [-0.3, -0.25) is 9.59 Å². The first-order valence-electron chi connectivity index (χ1n) is 4.30. The van der Waals surface area contributed by atoms with Crippen LogP contribution in [0.15, 0.2) is 0 Å². The highest BCUT2D eigenvalue weighted by Gasteiger charge is 2.18. The smallest absolute Gasteiger partial charge is 0.232 e. The van der Waals surface area contributed by atoms with Crippen LogP contribution in [-0.4, -0.2) is 50.1 Å². The molecule has 1 N–H and O–H groups in total. The van der Waals surface area contributed by atoms with Crippen molar-refractivity contribution in [2.24, 2.45) is 0 Å². The number of carbonyl (C=O) groups excluding carboxylic acids is 2. The number of morpholine rings is 1. The van der Waals surface area contributed by atoms with Gasteiger partial charge in [0.05, 0.1) is 13.2 Å². The standard InChI is InChI=1S/C8H14N2O3/c1-9-7(11)6-8(12)10-2-4-13-5-3-10/h2-6H2,1H3,(H,9,11). The number of ether oxygens (including phenoxy) is 1. The Morgan fingerprint density at radius 1 is 1.38 bits per heavy atom. The Morgan fingerprint density at radius 2 is 2.00 bits per heavy atom. The monoisotopic (exact) mass is 186 g/mol. The lowest BCUT2D eigenvalue weighted by Gasteiger charge is -2.26. The minimum atomic E-state index is -0.239. The molecule has 1 heterocycles.